The van der Waals surface area contributed by atoms with E-state index >= 15 is 0 Å². The molecule has 1 amide bonds. The third kappa shape index (κ3) is 5.80. The summed E-state index contributed by atoms with van der Waals surface area (Å²) >= 11 is 0. The summed E-state index contributed by atoms with van der Waals surface area (Å²) < 4.78 is 10.4. The molecule has 0 bridgehead atoms. The Balaban J connectivity index is 2.15. The van der Waals surface area contributed by atoms with E-state index in [0.717, 1.165) is 22.6 Å². The van der Waals surface area contributed by atoms with Crippen molar-refractivity contribution in [2.24, 2.45) is 0 Å². The molecule has 0 saturated heterocycles. The van der Waals surface area contributed by atoms with E-state index in [2.05, 4.69) is 10.6 Å². The molecule has 25 heavy (non-hydrogen) atoms. The van der Waals surface area contributed by atoms with Crippen molar-refractivity contribution >= 4 is 5.91 Å². The first-order chi connectivity index (χ1) is 12.2. The molecule has 0 aliphatic carbocycles. The molecule has 0 aliphatic rings. The highest BCUT2D eigenvalue weighted by Crippen LogP contribution is 2.23. The molecule has 5 nitrogen and oxygen atoms in total. The van der Waals surface area contributed by atoms with Gasteiger partial charge in [0.2, 0.25) is 5.91 Å². The molecular weight excluding hydrogens is 316 g/mol. The Bertz CT molecular complexity index is 654. The van der Waals surface area contributed by atoms with E-state index in [1.165, 1.54) is 0 Å². The van der Waals surface area contributed by atoms with Gasteiger partial charge < -0.3 is 20.1 Å². The van der Waals surface area contributed by atoms with Gasteiger partial charge in [-0.25, -0.2) is 0 Å². The van der Waals surface area contributed by atoms with Crippen LogP contribution in [0.25, 0.3) is 0 Å². The molecule has 0 heterocycles. The summed E-state index contributed by atoms with van der Waals surface area (Å²) in [5.74, 6) is 1.65. The number of hydrogen-bond acceptors (Lipinski definition) is 4. The zero-order chi connectivity index (χ0) is 18.1. The van der Waals surface area contributed by atoms with E-state index in [1.54, 1.807) is 14.2 Å². The van der Waals surface area contributed by atoms with Crippen molar-refractivity contribution in [2.45, 2.75) is 18.9 Å². The summed E-state index contributed by atoms with van der Waals surface area (Å²) in [4.78, 5) is 12.2. The van der Waals surface area contributed by atoms with Gasteiger partial charge in [0.15, 0.2) is 0 Å². The van der Waals surface area contributed by atoms with Gasteiger partial charge in [0, 0.05) is 13.0 Å². The average Bonchev–Trinajstić information content (AvgIpc) is 2.66. The van der Waals surface area contributed by atoms with Gasteiger partial charge in [-0.15, -0.1) is 0 Å². The van der Waals surface area contributed by atoms with E-state index < -0.39 is 0 Å². The number of benzene rings is 2. The molecule has 0 aromatic heterocycles. The second kappa shape index (κ2) is 9.69. The van der Waals surface area contributed by atoms with Crippen molar-refractivity contribution in [3.05, 3.63) is 59.7 Å². The van der Waals surface area contributed by atoms with Crippen LogP contribution in [0.4, 0.5) is 0 Å². The van der Waals surface area contributed by atoms with Crippen molar-refractivity contribution in [1.29, 1.82) is 0 Å². The largest absolute Gasteiger partial charge is 0.497 e. The highest BCUT2D eigenvalue weighted by molar-refractivity contribution is 5.76. The SMILES string of the molecule is CNCCC(=O)NC(Cc1ccc(OC)cc1)c1ccc(OC)cc1. The van der Waals surface area contributed by atoms with E-state index in [0.29, 0.717) is 19.4 Å². The Hall–Kier alpha value is -2.53. The van der Waals surface area contributed by atoms with Crippen molar-refractivity contribution < 1.29 is 14.3 Å². The molecule has 2 aromatic carbocycles. The maximum absolute atomic E-state index is 12.2. The Morgan fingerprint density at radius 3 is 2.04 bits per heavy atom. The van der Waals surface area contributed by atoms with Crippen LogP contribution in [0.5, 0.6) is 11.5 Å². The smallest absolute Gasteiger partial charge is 0.221 e. The molecule has 0 spiro atoms. The maximum atomic E-state index is 12.2. The van der Waals surface area contributed by atoms with Crippen LogP contribution in [-0.4, -0.2) is 33.7 Å². The lowest BCUT2D eigenvalue weighted by atomic mass is 9.98. The van der Waals surface area contributed by atoms with Crippen LogP contribution >= 0.6 is 0 Å². The van der Waals surface area contributed by atoms with Crippen molar-refractivity contribution in [1.82, 2.24) is 10.6 Å². The summed E-state index contributed by atoms with van der Waals surface area (Å²) in [6, 6.07) is 15.6. The number of amides is 1. The summed E-state index contributed by atoms with van der Waals surface area (Å²) in [6.07, 6.45) is 1.16. The van der Waals surface area contributed by atoms with Crippen LogP contribution in [-0.2, 0) is 11.2 Å². The van der Waals surface area contributed by atoms with Crippen LogP contribution in [0.15, 0.2) is 48.5 Å². The second-order valence-corrected chi connectivity index (χ2v) is 5.80. The lowest BCUT2D eigenvalue weighted by Crippen LogP contribution is -2.31. The second-order valence-electron chi connectivity index (χ2n) is 5.80. The monoisotopic (exact) mass is 342 g/mol. The maximum Gasteiger partial charge on any atom is 0.221 e. The van der Waals surface area contributed by atoms with Gasteiger partial charge in [-0.3, -0.25) is 4.79 Å². The third-order valence-corrected chi connectivity index (χ3v) is 4.05. The molecule has 0 radical (unpaired) electrons. The minimum atomic E-state index is -0.0938. The first-order valence-electron chi connectivity index (χ1n) is 8.37. The zero-order valence-electron chi connectivity index (χ0n) is 15.0. The fraction of sp³-hybridized carbons (Fsp3) is 0.350. The Morgan fingerprint density at radius 2 is 1.52 bits per heavy atom. The molecular formula is C20H26N2O3. The highest BCUT2D eigenvalue weighted by Gasteiger charge is 2.15. The molecule has 0 fully saturated rings. The fourth-order valence-electron chi connectivity index (χ4n) is 2.59. The van der Waals surface area contributed by atoms with Gasteiger partial charge in [0.25, 0.3) is 0 Å². The molecule has 2 aromatic rings. The van der Waals surface area contributed by atoms with Crippen LogP contribution in [0.1, 0.15) is 23.6 Å². The number of methoxy groups -OCH3 is 2. The Labute approximate surface area is 149 Å². The molecule has 2 rings (SSSR count). The topological polar surface area (TPSA) is 59.6 Å². The number of carbonyl (C=O) groups excluding carboxylic acids is 1. The molecule has 0 aliphatic heterocycles. The van der Waals surface area contributed by atoms with Gasteiger partial charge in [0.05, 0.1) is 20.3 Å². The van der Waals surface area contributed by atoms with Gasteiger partial charge in [-0.1, -0.05) is 24.3 Å². The lowest BCUT2D eigenvalue weighted by Gasteiger charge is -2.20. The summed E-state index contributed by atoms with van der Waals surface area (Å²) in [5, 5.41) is 6.13. The fourth-order valence-corrected chi connectivity index (χ4v) is 2.59. The normalized spacial score (nSPS) is 11.6. The van der Waals surface area contributed by atoms with Crippen molar-refractivity contribution in [2.75, 3.05) is 27.8 Å². The third-order valence-electron chi connectivity index (χ3n) is 4.05. The van der Waals surface area contributed by atoms with Crippen LogP contribution in [0.3, 0.4) is 0 Å². The van der Waals surface area contributed by atoms with Crippen LogP contribution in [0, 0.1) is 0 Å². The number of carbonyl (C=O) groups is 1. The van der Waals surface area contributed by atoms with E-state index in [9.17, 15) is 4.79 Å². The van der Waals surface area contributed by atoms with Gasteiger partial charge in [-0.05, 0) is 48.9 Å². The minimum Gasteiger partial charge on any atom is -0.497 e. The Kier molecular flexibility index (Phi) is 7.29. The summed E-state index contributed by atoms with van der Waals surface area (Å²) in [6.45, 7) is 0.656. The number of hydrogen-bond donors (Lipinski definition) is 2. The van der Waals surface area contributed by atoms with Gasteiger partial charge in [0.1, 0.15) is 11.5 Å². The first kappa shape index (κ1) is 18.8. The molecule has 2 N–H and O–H groups in total. The van der Waals surface area contributed by atoms with E-state index in [4.69, 9.17) is 9.47 Å². The average molecular weight is 342 g/mol. The predicted octanol–water partition coefficient (Wildman–Crippen LogP) is 2.71. The van der Waals surface area contributed by atoms with E-state index in [-0.39, 0.29) is 11.9 Å². The van der Waals surface area contributed by atoms with Crippen molar-refractivity contribution in [3.8, 4) is 11.5 Å². The first-order valence-corrected chi connectivity index (χ1v) is 8.37. The standard InChI is InChI=1S/C20H26N2O3/c1-21-13-12-20(23)22-19(16-6-10-18(25-3)11-7-16)14-15-4-8-17(24-2)9-5-15/h4-11,19,21H,12-14H2,1-3H3,(H,22,23). The molecule has 0 saturated carbocycles. The summed E-state index contributed by atoms with van der Waals surface area (Å²) in [5.41, 5.74) is 2.19. The highest BCUT2D eigenvalue weighted by atomic mass is 16.5. The predicted molar refractivity (Wildman–Crippen MR) is 99.1 cm³/mol. The quantitative estimate of drug-likeness (QED) is 0.736. The van der Waals surface area contributed by atoms with Gasteiger partial charge in [-0.2, -0.15) is 0 Å². The molecule has 134 valence electrons. The van der Waals surface area contributed by atoms with Crippen LogP contribution in [0.2, 0.25) is 0 Å². The Morgan fingerprint density at radius 1 is 0.960 bits per heavy atom. The van der Waals surface area contributed by atoms with E-state index in [1.807, 2.05) is 55.6 Å². The van der Waals surface area contributed by atoms with Crippen LogP contribution < -0.4 is 20.1 Å². The molecule has 1 atom stereocenters. The van der Waals surface area contributed by atoms with Crippen molar-refractivity contribution in [3.63, 3.8) is 0 Å². The molecule has 1 unspecified atom stereocenters. The number of rotatable bonds is 9. The zero-order valence-corrected chi connectivity index (χ0v) is 15.0. The summed E-state index contributed by atoms with van der Waals surface area (Å²) in [7, 11) is 5.13. The molecule has 5 heteroatoms. The number of ether oxygens (including phenoxy) is 2. The minimum absolute atomic E-state index is 0.0312. The van der Waals surface area contributed by atoms with Gasteiger partial charge >= 0.3 is 0 Å². The lowest BCUT2D eigenvalue weighted by molar-refractivity contribution is -0.121. The number of nitrogens with one attached hydrogen (secondary N) is 2.